The zero-order chi connectivity index (χ0) is 11.7. The Bertz CT molecular complexity index is 527. The van der Waals surface area contributed by atoms with Crippen molar-refractivity contribution < 1.29 is 19.5 Å². The van der Waals surface area contributed by atoms with E-state index in [1.165, 1.54) is 12.1 Å². The SMILES string of the molecule is Cc1onc(-c2ccc(O)cc2)c1C(=O)O. The van der Waals surface area contributed by atoms with Crippen molar-refractivity contribution in [3.8, 4) is 17.0 Å². The molecular formula is C11H9NO4. The van der Waals surface area contributed by atoms with E-state index in [1.54, 1.807) is 19.1 Å². The van der Waals surface area contributed by atoms with E-state index in [4.69, 9.17) is 14.7 Å². The molecule has 82 valence electrons. The predicted octanol–water partition coefficient (Wildman–Crippen LogP) is 2.05. The lowest BCUT2D eigenvalue weighted by atomic mass is 10.1. The number of rotatable bonds is 2. The fraction of sp³-hybridized carbons (Fsp3) is 0.0909. The van der Waals surface area contributed by atoms with Crippen LogP contribution in [0.15, 0.2) is 28.8 Å². The second kappa shape index (κ2) is 3.69. The van der Waals surface area contributed by atoms with Gasteiger partial charge in [0, 0.05) is 5.56 Å². The Morgan fingerprint density at radius 3 is 2.50 bits per heavy atom. The maximum atomic E-state index is 11.0. The number of benzene rings is 1. The minimum atomic E-state index is -1.08. The van der Waals surface area contributed by atoms with Gasteiger partial charge in [0.05, 0.1) is 0 Å². The van der Waals surface area contributed by atoms with E-state index < -0.39 is 5.97 Å². The van der Waals surface area contributed by atoms with Crippen molar-refractivity contribution in [2.24, 2.45) is 0 Å². The highest BCUT2D eigenvalue weighted by Gasteiger charge is 2.20. The molecule has 0 spiro atoms. The Balaban J connectivity index is 2.56. The van der Waals surface area contributed by atoms with E-state index in [9.17, 15) is 4.79 Å². The molecule has 1 aromatic carbocycles. The molecule has 2 aromatic rings. The van der Waals surface area contributed by atoms with Crippen LogP contribution in [0.25, 0.3) is 11.3 Å². The predicted molar refractivity (Wildman–Crippen MR) is 55.3 cm³/mol. The van der Waals surface area contributed by atoms with Crippen molar-refractivity contribution in [2.75, 3.05) is 0 Å². The minimum Gasteiger partial charge on any atom is -0.508 e. The highest BCUT2D eigenvalue weighted by Crippen LogP contribution is 2.26. The molecule has 0 unspecified atom stereocenters. The van der Waals surface area contributed by atoms with Crippen LogP contribution in [0.4, 0.5) is 0 Å². The number of carboxylic acids is 1. The van der Waals surface area contributed by atoms with E-state index in [1.807, 2.05) is 0 Å². The maximum Gasteiger partial charge on any atom is 0.341 e. The topological polar surface area (TPSA) is 83.6 Å². The van der Waals surface area contributed by atoms with Crippen LogP contribution in [0.5, 0.6) is 5.75 Å². The average molecular weight is 219 g/mol. The molecule has 5 heteroatoms. The minimum absolute atomic E-state index is 0.0469. The van der Waals surface area contributed by atoms with E-state index in [2.05, 4.69) is 5.16 Å². The molecule has 1 aromatic heterocycles. The molecule has 2 rings (SSSR count). The molecular weight excluding hydrogens is 210 g/mol. The van der Waals surface area contributed by atoms with Crippen molar-refractivity contribution in [3.63, 3.8) is 0 Å². The van der Waals surface area contributed by atoms with Crippen LogP contribution >= 0.6 is 0 Å². The number of aromatic hydroxyl groups is 1. The van der Waals surface area contributed by atoms with Gasteiger partial charge in [-0.05, 0) is 31.2 Å². The van der Waals surface area contributed by atoms with E-state index in [0.717, 1.165) is 0 Å². The summed E-state index contributed by atoms with van der Waals surface area (Å²) in [5.41, 5.74) is 0.905. The number of aromatic carboxylic acids is 1. The summed E-state index contributed by atoms with van der Waals surface area (Å²) >= 11 is 0. The lowest BCUT2D eigenvalue weighted by Crippen LogP contribution is -1.99. The summed E-state index contributed by atoms with van der Waals surface area (Å²) in [6, 6.07) is 6.09. The van der Waals surface area contributed by atoms with Gasteiger partial charge in [0.15, 0.2) is 0 Å². The van der Waals surface area contributed by atoms with Gasteiger partial charge in [-0.1, -0.05) is 5.16 Å². The molecule has 0 aliphatic carbocycles. The Hall–Kier alpha value is -2.30. The summed E-state index contributed by atoms with van der Waals surface area (Å²) < 4.78 is 4.85. The van der Waals surface area contributed by atoms with Crippen LogP contribution < -0.4 is 0 Å². The van der Waals surface area contributed by atoms with Crippen molar-refractivity contribution in [2.45, 2.75) is 6.92 Å². The van der Waals surface area contributed by atoms with Gasteiger partial charge in [-0.2, -0.15) is 0 Å². The number of phenols is 1. The normalized spacial score (nSPS) is 10.3. The number of carboxylic acid groups (broad SMARTS) is 1. The molecule has 0 saturated heterocycles. The molecule has 0 aliphatic rings. The van der Waals surface area contributed by atoms with Gasteiger partial charge in [-0.25, -0.2) is 4.79 Å². The largest absolute Gasteiger partial charge is 0.508 e. The first-order chi connectivity index (χ1) is 7.59. The lowest BCUT2D eigenvalue weighted by Gasteiger charge is -1.98. The smallest absolute Gasteiger partial charge is 0.341 e. The fourth-order valence-electron chi connectivity index (χ4n) is 1.44. The number of phenolic OH excluding ortho intramolecular Hbond substituents is 1. The molecule has 0 radical (unpaired) electrons. The molecule has 0 atom stereocenters. The number of nitrogens with zero attached hydrogens (tertiary/aromatic N) is 1. The lowest BCUT2D eigenvalue weighted by molar-refractivity contribution is 0.0696. The van der Waals surface area contributed by atoms with Gasteiger partial charge >= 0.3 is 5.97 Å². The number of carbonyl (C=O) groups is 1. The van der Waals surface area contributed by atoms with E-state index >= 15 is 0 Å². The average Bonchev–Trinajstić information content (AvgIpc) is 2.61. The second-order valence-electron chi connectivity index (χ2n) is 3.31. The van der Waals surface area contributed by atoms with Crippen molar-refractivity contribution in [1.29, 1.82) is 0 Å². The third-order valence-electron chi connectivity index (χ3n) is 2.22. The first kappa shape index (κ1) is 10.2. The number of hydrogen-bond acceptors (Lipinski definition) is 4. The molecule has 5 nitrogen and oxygen atoms in total. The van der Waals surface area contributed by atoms with Crippen LogP contribution in [-0.2, 0) is 0 Å². The highest BCUT2D eigenvalue weighted by molar-refractivity contribution is 5.95. The summed E-state index contributed by atoms with van der Waals surface area (Å²) in [4.78, 5) is 11.0. The van der Waals surface area contributed by atoms with Crippen molar-refractivity contribution in [3.05, 3.63) is 35.6 Å². The summed E-state index contributed by atoms with van der Waals surface area (Å²) in [6.07, 6.45) is 0. The Kier molecular flexibility index (Phi) is 2.36. The molecule has 1 heterocycles. The summed E-state index contributed by atoms with van der Waals surface area (Å²) in [7, 11) is 0. The number of hydrogen-bond donors (Lipinski definition) is 2. The van der Waals surface area contributed by atoms with Crippen LogP contribution in [0.1, 0.15) is 16.1 Å². The monoisotopic (exact) mass is 219 g/mol. The second-order valence-corrected chi connectivity index (χ2v) is 3.31. The van der Waals surface area contributed by atoms with Gasteiger partial charge in [0.1, 0.15) is 22.8 Å². The third kappa shape index (κ3) is 1.63. The zero-order valence-electron chi connectivity index (χ0n) is 8.47. The number of aryl methyl sites for hydroxylation is 1. The molecule has 16 heavy (non-hydrogen) atoms. The van der Waals surface area contributed by atoms with E-state index in [-0.39, 0.29) is 22.8 Å². The quantitative estimate of drug-likeness (QED) is 0.807. The zero-order valence-corrected chi connectivity index (χ0v) is 8.47. The molecule has 0 amide bonds. The Morgan fingerprint density at radius 1 is 1.31 bits per heavy atom. The van der Waals surface area contributed by atoms with Gasteiger partial charge in [-0.15, -0.1) is 0 Å². The van der Waals surface area contributed by atoms with Crippen LogP contribution in [0, 0.1) is 6.92 Å². The molecule has 0 saturated carbocycles. The standard InChI is InChI=1S/C11H9NO4/c1-6-9(11(14)15)10(12-16-6)7-2-4-8(13)5-3-7/h2-5,13H,1H3,(H,14,15). The molecule has 0 aliphatic heterocycles. The van der Waals surface area contributed by atoms with Crippen molar-refractivity contribution in [1.82, 2.24) is 5.16 Å². The van der Waals surface area contributed by atoms with Gasteiger partial charge in [0.25, 0.3) is 0 Å². The van der Waals surface area contributed by atoms with Gasteiger partial charge < -0.3 is 14.7 Å². The first-order valence-electron chi connectivity index (χ1n) is 4.58. The molecule has 0 bridgehead atoms. The molecule has 2 N–H and O–H groups in total. The summed E-state index contributed by atoms with van der Waals surface area (Å²) in [5, 5.41) is 21.8. The summed E-state index contributed by atoms with van der Waals surface area (Å²) in [5.74, 6) is -0.710. The first-order valence-corrected chi connectivity index (χ1v) is 4.58. The highest BCUT2D eigenvalue weighted by atomic mass is 16.5. The maximum absolute atomic E-state index is 11.0. The number of aromatic nitrogens is 1. The molecule has 0 fully saturated rings. The van der Waals surface area contributed by atoms with Crippen LogP contribution in [-0.4, -0.2) is 21.3 Å². The van der Waals surface area contributed by atoms with Gasteiger partial charge in [0.2, 0.25) is 0 Å². The Labute approximate surface area is 90.9 Å². The Morgan fingerprint density at radius 2 is 1.94 bits per heavy atom. The van der Waals surface area contributed by atoms with Crippen molar-refractivity contribution >= 4 is 5.97 Å². The van der Waals surface area contributed by atoms with E-state index in [0.29, 0.717) is 5.56 Å². The van der Waals surface area contributed by atoms with Crippen LogP contribution in [0.2, 0.25) is 0 Å². The van der Waals surface area contributed by atoms with Gasteiger partial charge in [-0.3, -0.25) is 0 Å². The fourth-order valence-corrected chi connectivity index (χ4v) is 1.44. The van der Waals surface area contributed by atoms with Crippen LogP contribution in [0.3, 0.4) is 0 Å². The summed E-state index contributed by atoms with van der Waals surface area (Å²) in [6.45, 7) is 1.54. The third-order valence-corrected chi connectivity index (χ3v) is 2.22.